The molecule has 0 nitrogen and oxygen atoms in total. The highest BCUT2D eigenvalue weighted by Gasteiger charge is 2.37. The van der Waals surface area contributed by atoms with Crippen LogP contribution in [-0.4, -0.2) is 6.16 Å². The van der Waals surface area contributed by atoms with Gasteiger partial charge in [0, 0.05) is 5.92 Å². The molecule has 0 saturated heterocycles. The zero-order valence-corrected chi connectivity index (χ0v) is 21.9. The third-order valence-electron chi connectivity index (χ3n) is 8.27. The normalized spacial score (nSPS) is 24.3. The Kier molecular flexibility index (Phi) is 7.36. The van der Waals surface area contributed by atoms with E-state index in [9.17, 15) is 0 Å². The van der Waals surface area contributed by atoms with E-state index < -0.39 is 0 Å². The lowest BCUT2D eigenvalue weighted by Crippen LogP contribution is -2.28. The van der Waals surface area contributed by atoms with Gasteiger partial charge < -0.3 is 0 Å². The summed E-state index contributed by atoms with van der Waals surface area (Å²) >= 11 is 0. The molecule has 1 unspecified atom stereocenters. The molecule has 0 aromatic heterocycles. The second-order valence-corrected chi connectivity index (χ2v) is 13.2. The number of benzene rings is 3. The molecule has 0 N–H and O–H groups in total. The van der Waals surface area contributed by atoms with Crippen LogP contribution in [0, 0.1) is 23.7 Å². The Morgan fingerprint density at radius 1 is 0.794 bits per heavy atom. The van der Waals surface area contributed by atoms with Gasteiger partial charge in [-0.1, -0.05) is 118 Å². The Labute approximate surface area is 208 Å². The fraction of sp³-hybridized carbons (Fsp3) is 0.394. The minimum atomic E-state index is -0.341. The SMILES string of the molecule is CC(C)[C@@H]1CC[C@H](C)C[C@@H]1C1=CC(CCP(c2ccccc2)c2ccccc2)c2ccccc21. The van der Waals surface area contributed by atoms with E-state index in [2.05, 4.69) is 112 Å². The Balaban J connectivity index is 1.43. The molecule has 4 atom stereocenters. The molecule has 176 valence electrons. The van der Waals surface area contributed by atoms with E-state index in [0.29, 0.717) is 5.92 Å². The van der Waals surface area contributed by atoms with E-state index in [4.69, 9.17) is 0 Å². The zero-order valence-electron chi connectivity index (χ0n) is 21.0. The first-order valence-electron chi connectivity index (χ1n) is 13.3. The summed E-state index contributed by atoms with van der Waals surface area (Å²) in [6.07, 6.45) is 9.31. The molecule has 1 heteroatoms. The average molecular weight is 467 g/mol. The van der Waals surface area contributed by atoms with E-state index in [1.54, 1.807) is 16.7 Å². The zero-order chi connectivity index (χ0) is 23.5. The van der Waals surface area contributed by atoms with E-state index in [0.717, 1.165) is 23.7 Å². The van der Waals surface area contributed by atoms with E-state index in [-0.39, 0.29) is 7.92 Å². The Morgan fingerprint density at radius 3 is 2.06 bits per heavy atom. The van der Waals surface area contributed by atoms with Crippen LogP contribution >= 0.6 is 7.92 Å². The van der Waals surface area contributed by atoms with E-state index in [1.807, 2.05) is 0 Å². The van der Waals surface area contributed by atoms with Gasteiger partial charge >= 0.3 is 0 Å². The molecule has 0 radical (unpaired) electrons. The summed E-state index contributed by atoms with van der Waals surface area (Å²) in [5.74, 6) is 3.69. The minimum Gasteiger partial charge on any atom is -0.0729 e. The predicted molar refractivity (Wildman–Crippen MR) is 151 cm³/mol. The van der Waals surface area contributed by atoms with Crippen molar-refractivity contribution in [3.8, 4) is 0 Å². The molecule has 3 aromatic rings. The van der Waals surface area contributed by atoms with Crippen LogP contribution in [0.15, 0.2) is 91.0 Å². The first-order chi connectivity index (χ1) is 16.6. The fourth-order valence-corrected chi connectivity index (χ4v) is 8.91. The standard InChI is InChI=1S/C33H39P/c1-24(2)29-19-18-25(3)22-32(29)33-23-26(30-16-10-11-17-31(30)33)20-21-34(27-12-6-4-7-13-27)28-14-8-5-9-15-28/h4-17,23-26,29,32H,18-22H2,1-3H3/t25-,26?,29-,32-/m0/s1. The van der Waals surface area contributed by atoms with Crippen molar-refractivity contribution in [2.75, 3.05) is 6.16 Å². The Hall–Kier alpha value is -2.17. The van der Waals surface area contributed by atoms with Crippen molar-refractivity contribution in [3.05, 3.63) is 102 Å². The van der Waals surface area contributed by atoms with Gasteiger partial charge in [-0.15, -0.1) is 0 Å². The maximum absolute atomic E-state index is 2.70. The molecular formula is C33H39P. The van der Waals surface area contributed by atoms with Crippen molar-refractivity contribution in [2.45, 2.75) is 52.4 Å². The molecule has 1 fully saturated rings. The molecule has 5 rings (SSSR count). The van der Waals surface area contributed by atoms with Gasteiger partial charge in [0.25, 0.3) is 0 Å². The average Bonchev–Trinajstić information content (AvgIpc) is 3.24. The summed E-state index contributed by atoms with van der Waals surface area (Å²) in [5, 5.41) is 3.00. The van der Waals surface area contributed by atoms with Gasteiger partial charge in [0.15, 0.2) is 0 Å². The highest BCUT2D eigenvalue weighted by atomic mass is 31.1. The molecule has 2 aliphatic carbocycles. The summed E-state index contributed by atoms with van der Waals surface area (Å²) in [4.78, 5) is 0. The first-order valence-corrected chi connectivity index (χ1v) is 14.8. The van der Waals surface area contributed by atoms with Crippen molar-refractivity contribution in [1.29, 1.82) is 0 Å². The van der Waals surface area contributed by atoms with Crippen molar-refractivity contribution in [3.63, 3.8) is 0 Å². The van der Waals surface area contributed by atoms with Crippen LogP contribution < -0.4 is 10.6 Å². The van der Waals surface area contributed by atoms with Crippen LogP contribution in [0.25, 0.3) is 5.57 Å². The topological polar surface area (TPSA) is 0 Å². The summed E-state index contributed by atoms with van der Waals surface area (Å²) < 4.78 is 0. The molecular weight excluding hydrogens is 427 g/mol. The van der Waals surface area contributed by atoms with Gasteiger partial charge in [0.2, 0.25) is 0 Å². The van der Waals surface area contributed by atoms with Crippen LogP contribution in [0.2, 0.25) is 0 Å². The van der Waals surface area contributed by atoms with E-state index in [1.165, 1.54) is 42.5 Å². The van der Waals surface area contributed by atoms with Crippen LogP contribution in [-0.2, 0) is 0 Å². The molecule has 0 aliphatic heterocycles. The largest absolute Gasteiger partial charge is 0.0729 e. The van der Waals surface area contributed by atoms with Crippen molar-refractivity contribution >= 4 is 24.1 Å². The predicted octanol–water partition coefficient (Wildman–Crippen LogP) is 8.40. The fourth-order valence-electron chi connectivity index (χ4n) is 6.49. The van der Waals surface area contributed by atoms with Crippen LogP contribution in [0.4, 0.5) is 0 Å². The second kappa shape index (κ2) is 10.6. The van der Waals surface area contributed by atoms with E-state index >= 15 is 0 Å². The molecule has 0 amide bonds. The summed E-state index contributed by atoms with van der Waals surface area (Å²) in [6, 6.07) is 31.7. The van der Waals surface area contributed by atoms with Gasteiger partial charge in [-0.25, -0.2) is 0 Å². The Bertz CT molecular complexity index is 1060. The number of hydrogen-bond donors (Lipinski definition) is 0. The lowest BCUT2D eigenvalue weighted by Gasteiger charge is -2.38. The molecule has 0 spiro atoms. The molecule has 0 bridgehead atoms. The Morgan fingerprint density at radius 2 is 1.41 bits per heavy atom. The van der Waals surface area contributed by atoms with Crippen molar-refractivity contribution in [2.24, 2.45) is 23.7 Å². The number of rotatable bonds is 7. The molecule has 34 heavy (non-hydrogen) atoms. The van der Waals surface area contributed by atoms with Crippen LogP contribution in [0.1, 0.15) is 63.5 Å². The highest BCUT2D eigenvalue weighted by Crippen LogP contribution is 2.51. The van der Waals surface area contributed by atoms with Gasteiger partial charge in [-0.05, 0) is 84.3 Å². The van der Waals surface area contributed by atoms with Gasteiger partial charge in [0.1, 0.15) is 0 Å². The maximum Gasteiger partial charge on any atom is 0.00337 e. The number of allylic oxidation sites excluding steroid dienone is 2. The quantitative estimate of drug-likeness (QED) is 0.307. The highest BCUT2D eigenvalue weighted by molar-refractivity contribution is 7.73. The molecule has 1 saturated carbocycles. The summed E-state index contributed by atoms with van der Waals surface area (Å²) in [6.45, 7) is 7.36. The molecule has 0 heterocycles. The van der Waals surface area contributed by atoms with Gasteiger partial charge in [-0.2, -0.15) is 0 Å². The van der Waals surface area contributed by atoms with Crippen LogP contribution in [0.3, 0.4) is 0 Å². The smallest absolute Gasteiger partial charge is 0.00337 e. The second-order valence-electron chi connectivity index (χ2n) is 10.9. The number of fused-ring (bicyclic) bond motifs is 1. The summed E-state index contributed by atoms with van der Waals surface area (Å²) in [7, 11) is -0.341. The molecule has 2 aliphatic rings. The monoisotopic (exact) mass is 466 g/mol. The lowest BCUT2D eigenvalue weighted by molar-refractivity contribution is 0.185. The first kappa shape index (κ1) is 23.6. The third-order valence-corrected chi connectivity index (χ3v) is 10.8. The molecule has 3 aromatic carbocycles. The van der Waals surface area contributed by atoms with Crippen molar-refractivity contribution in [1.82, 2.24) is 0 Å². The van der Waals surface area contributed by atoms with Crippen LogP contribution in [0.5, 0.6) is 0 Å². The van der Waals surface area contributed by atoms with Gasteiger partial charge in [-0.3, -0.25) is 0 Å². The maximum atomic E-state index is 2.70. The minimum absolute atomic E-state index is 0.341. The van der Waals surface area contributed by atoms with Gasteiger partial charge in [0.05, 0.1) is 0 Å². The lowest BCUT2D eigenvalue weighted by atomic mass is 9.66. The van der Waals surface area contributed by atoms with Crippen molar-refractivity contribution < 1.29 is 0 Å². The summed E-state index contributed by atoms with van der Waals surface area (Å²) in [5.41, 5.74) is 4.81. The number of hydrogen-bond acceptors (Lipinski definition) is 0. The third kappa shape index (κ3) is 4.94.